The van der Waals surface area contributed by atoms with Crippen LogP contribution in [0.15, 0.2) is 42.5 Å². The Morgan fingerprint density at radius 2 is 1.73 bits per heavy atom. The molecule has 1 aromatic carbocycles. The molecule has 2 saturated carbocycles. The number of rotatable bonds is 12. The van der Waals surface area contributed by atoms with Gasteiger partial charge in [-0.3, -0.25) is 14.4 Å². The van der Waals surface area contributed by atoms with Crippen LogP contribution in [0.4, 0.5) is 0 Å². The van der Waals surface area contributed by atoms with E-state index in [1.54, 1.807) is 50.3 Å². The van der Waals surface area contributed by atoms with Crippen molar-refractivity contribution in [1.82, 2.24) is 5.32 Å². The molecule has 0 radical (unpaired) electrons. The fourth-order valence-electron chi connectivity index (χ4n) is 8.04. The number of aliphatic hydroxyl groups excluding tert-OH is 3. The molecular weight excluding hydrogens is 694 g/mol. The standard InChI is InChI=1S/C37H55NO13Si/c1-9-23(51-33(45)28(42)27(22-13-11-10-12-14-22)38-26(41)15-16-52(7,8)48)18-37(47)32(44)30-35(6,24(40)17-25-36(30,46)19-49-25)31(43)29(50-21(3)39)20(2)34(37,4)5/h10-14,23-25,27-30,32,40,42,44,46-48H,2,9,15-19H2,1,3-8H3,(H,38,41)/t23-,24+,25-,27+,28-,29-,30+,32+,35-,36+,37-/m1/s1. The smallest absolute Gasteiger partial charge is 0.337 e. The van der Waals surface area contributed by atoms with E-state index in [0.29, 0.717) is 5.56 Å². The van der Waals surface area contributed by atoms with Gasteiger partial charge in [0.2, 0.25) is 5.91 Å². The number of amides is 1. The predicted molar refractivity (Wildman–Crippen MR) is 189 cm³/mol. The van der Waals surface area contributed by atoms with E-state index in [-0.39, 0.29) is 37.5 Å². The molecule has 14 nitrogen and oxygen atoms in total. The summed E-state index contributed by atoms with van der Waals surface area (Å²) in [5, 5.41) is 62.5. The van der Waals surface area contributed by atoms with Crippen LogP contribution in [0.25, 0.3) is 0 Å². The zero-order chi connectivity index (χ0) is 39.2. The number of ether oxygens (including phenoxy) is 3. The maximum Gasteiger partial charge on any atom is 0.337 e. The van der Waals surface area contributed by atoms with Crippen LogP contribution in [0, 0.1) is 16.7 Å². The maximum atomic E-state index is 14.3. The second-order valence-corrected chi connectivity index (χ2v) is 20.2. The highest BCUT2D eigenvalue weighted by Gasteiger charge is 2.74. The zero-order valence-electron chi connectivity index (χ0n) is 31.0. The Morgan fingerprint density at radius 1 is 1.12 bits per heavy atom. The lowest BCUT2D eigenvalue weighted by Gasteiger charge is -2.65. The summed E-state index contributed by atoms with van der Waals surface area (Å²) in [7, 11) is -2.57. The summed E-state index contributed by atoms with van der Waals surface area (Å²) in [4.78, 5) is 63.5. The van der Waals surface area contributed by atoms with Crippen molar-refractivity contribution >= 4 is 31.9 Å². The number of benzene rings is 1. The second kappa shape index (κ2) is 15.0. The van der Waals surface area contributed by atoms with Gasteiger partial charge in [0, 0.05) is 37.5 Å². The van der Waals surface area contributed by atoms with Crippen molar-refractivity contribution in [2.24, 2.45) is 16.7 Å². The molecule has 3 fully saturated rings. The van der Waals surface area contributed by atoms with E-state index in [1.165, 1.54) is 20.8 Å². The molecule has 15 heteroatoms. The van der Waals surface area contributed by atoms with E-state index in [4.69, 9.17) is 14.2 Å². The minimum atomic E-state index is -2.57. The van der Waals surface area contributed by atoms with Crippen LogP contribution < -0.4 is 5.32 Å². The van der Waals surface area contributed by atoms with Gasteiger partial charge in [-0.15, -0.1) is 0 Å². The van der Waals surface area contributed by atoms with Crippen LogP contribution >= 0.6 is 0 Å². The van der Waals surface area contributed by atoms with Gasteiger partial charge in [-0.25, -0.2) is 4.79 Å². The first-order valence-corrected chi connectivity index (χ1v) is 20.9. The van der Waals surface area contributed by atoms with Crippen LogP contribution in [0.1, 0.15) is 71.9 Å². The molecule has 0 unspecified atom stereocenters. The number of ketones is 1. The quantitative estimate of drug-likeness (QED) is 0.0907. The largest absolute Gasteiger partial charge is 0.460 e. The molecule has 1 amide bonds. The fraction of sp³-hybridized carbons (Fsp3) is 0.676. The van der Waals surface area contributed by atoms with Crippen molar-refractivity contribution in [3.8, 4) is 0 Å². The molecule has 4 rings (SSSR count). The molecule has 290 valence electrons. The zero-order valence-corrected chi connectivity index (χ0v) is 32.0. The molecule has 0 bridgehead atoms. The molecule has 1 saturated heterocycles. The molecular formula is C37H55NO13Si. The molecule has 2 aliphatic carbocycles. The third kappa shape index (κ3) is 7.51. The predicted octanol–water partition coefficient (Wildman–Crippen LogP) is 1.21. The van der Waals surface area contributed by atoms with E-state index < -0.39 is 109 Å². The number of esters is 2. The van der Waals surface area contributed by atoms with Crippen molar-refractivity contribution in [2.45, 2.75) is 133 Å². The van der Waals surface area contributed by atoms with Gasteiger partial charge in [-0.1, -0.05) is 57.7 Å². The van der Waals surface area contributed by atoms with Gasteiger partial charge < -0.3 is 49.9 Å². The lowest BCUT2D eigenvalue weighted by atomic mass is 9.46. The highest BCUT2D eigenvalue weighted by Crippen LogP contribution is 2.60. The number of hydrogen-bond acceptors (Lipinski definition) is 13. The van der Waals surface area contributed by atoms with Crippen LogP contribution in [0.5, 0.6) is 0 Å². The van der Waals surface area contributed by atoms with Gasteiger partial charge in [-0.2, -0.15) is 0 Å². The number of Topliss-reactive ketones (excluding diaryl/α,β-unsaturated/α-hetero) is 1. The van der Waals surface area contributed by atoms with E-state index in [0.717, 1.165) is 6.92 Å². The number of aliphatic hydroxyl groups is 5. The Morgan fingerprint density at radius 3 is 2.25 bits per heavy atom. The van der Waals surface area contributed by atoms with Gasteiger partial charge >= 0.3 is 11.9 Å². The number of carbonyl (C=O) groups excluding carboxylic acids is 4. The highest BCUT2D eigenvalue weighted by molar-refractivity contribution is 6.69. The van der Waals surface area contributed by atoms with Gasteiger partial charge in [0.1, 0.15) is 17.3 Å². The maximum absolute atomic E-state index is 14.3. The number of hydrogen-bond donors (Lipinski definition) is 7. The Kier molecular flexibility index (Phi) is 12.0. The Balaban J connectivity index is 1.71. The van der Waals surface area contributed by atoms with E-state index in [9.17, 15) is 49.5 Å². The van der Waals surface area contributed by atoms with Gasteiger partial charge in [0.25, 0.3) is 0 Å². The lowest BCUT2D eigenvalue weighted by molar-refractivity contribution is -0.344. The molecule has 11 atom stereocenters. The molecule has 3 aliphatic rings. The average molecular weight is 750 g/mol. The molecule has 1 aliphatic heterocycles. The summed E-state index contributed by atoms with van der Waals surface area (Å²) in [6, 6.07) is 7.30. The summed E-state index contributed by atoms with van der Waals surface area (Å²) in [6.07, 6.45) is -9.91. The third-order valence-electron chi connectivity index (χ3n) is 11.7. The molecule has 1 aromatic rings. The van der Waals surface area contributed by atoms with Crippen molar-refractivity contribution in [3.05, 3.63) is 48.0 Å². The minimum absolute atomic E-state index is 0.0355. The first kappa shape index (κ1) is 41.7. The van der Waals surface area contributed by atoms with Crippen LogP contribution in [-0.4, -0.2) is 117 Å². The van der Waals surface area contributed by atoms with Crippen LogP contribution in [0.2, 0.25) is 19.1 Å². The Labute approximate surface area is 305 Å². The van der Waals surface area contributed by atoms with Crippen molar-refractivity contribution in [2.75, 3.05) is 6.61 Å². The van der Waals surface area contributed by atoms with Gasteiger partial charge in [-0.05, 0) is 43.6 Å². The SMILES string of the molecule is C=C1[C@@H](OC(C)=O)C(=O)[C@@]2(C)[C@H]([C@H](O)[C@](O)(C[C@@H](CC)OC(=O)[C@H](O)[C@@H](NC(=O)CC[Si](C)(C)O)c3ccccc3)C1(C)C)[C@]1(O)CO[C@@H]1C[C@@H]2O. The first-order valence-electron chi connectivity index (χ1n) is 17.7. The Hall–Kier alpha value is -3.02. The molecule has 0 aromatic heterocycles. The number of nitrogens with one attached hydrogen (secondary N) is 1. The number of fused-ring (bicyclic) bond motifs is 3. The van der Waals surface area contributed by atoms with Crippen molar-refractivity contribution in [3.63, 3.8) is 0 Å². The summed E-state index contributed by atoms with van der Waals surface area (Å²) < 4.78 is 16.8. The monoisotopic (exact) mass is 749 g/mol. The lowest BCUT2D eigenvalue weighted by Crippen LogP contribution is -2.80. The van der Waals surface area contributed by atoms with E-state index in [2.05, 4.69) is 11.9 Å². The first-order chi connectivity index (χ1) is 24.0. The highest BCUT2D eigenvalue weighted by atomic mass is 28.4. The Bertz CT molecular complexity index is 1530. The number of carbonyl (C=O) groups is 4. The molecule has 1 heterocycles. The minimum Gasteiger partial charge on any atom is -0.460 e. The molecule has 7 N–H and O–H groups in total. The molecule has 52 heavy (non-hydrogen) atoms. The van der Waals surface area contributed by atoms with Gasteiger partial charge in [0.15, 0.2) is 26.3 Å². The van der Waals surface area contributed by atoms with Crippen molar-refractivity contribution in [1.29, 1.82) is 0 Å². The van der Waals surface area contributed by atoms with Gasteiger partial charge in [0.05, 0.1) is 36.4 Å². The normalized spacial score (nSPS) is 34.6. The summed E-state index contributed by atoms with van der Waals surface area (Å²) in [5.41, 5.74) is -7.58. The average Bonchev–Trinajstić information content (AvgIpc) is 3.07. The van der Waals surface area contributed by atoms with Crippen molar-refractivity contribution < 1.29 is 63.7 Å². The van der Waals surface area contributed by atoms with Crippen LogP contribution in [0.3, 0.4) is 0 Å². The van der Waals surface area contributed by atoms with Crippen LogP contribution in [-0.2, 0) is 33.4 Å². The summed E-state index contributed by atoms with van der Waals surface area (Å²) in [6.45, 7) is 14.1. The summed E-state index contributed by atoms with van der Waals surface area (Å²) >= 11 is 0. The fourth-order valence-corrected chi connectivity index (χ4v) is 8.88. The van der Waals surface area contributed by atoms with E-state index >= 15 is 0 Å². The molecule has 0 spiro atoms. The third-order valence-corrected chi connectivity index (χ3v) is 13.2. The topological polar surface area (TPSA) is 229 Å². The van der Waals surface area contributed by atoms with E-state index in [1.807, 2.05) is 0 Å². The second-order valence-electron chi connectivity index (χ2n) is 16.1. The summed E-state index contributed by atoms with van der Waals surface area (Å²) in [5.74, 6) is -4.84.